The van der Waals surface area contributed by atoms with Crippen molar-refractivity contribution in [3.63, 3.8) is 0 Å². The van der Waals surface area contributed by atoms with Gasteiger partial charge < -0.3 is 24.3 Å². The third kappa shape index (κ3) is 3.26. The fourth-order valence-corrected chi connectivity index (χ4v) is 2.44. The molecule has 0 atom stereocenters. The summed E-state index contributed by atoms with van der Waals surface area (Å²) >= 11 is 0. The van der Waals surface area contributed by atoms with Crippen molar-refractivity contribution in [1.82, 2.24) is 4.98 Å². The van der Waals surface area contributed by atoms with Gasteiger partial charge in [-0.2, -0.15) is 0 Å². The first-order valence-electron chi connectivity index (χ1n) is 7.50. The number of carbonyl (C=O) groups is 1. The minimum atomic E-state index is -0.906. The highest BCUT2D eigenvalue weighted by Gasteiger charge is 2.27. The number of ether oxygens (including phenoxy) is 2. The molecule has 0 radical (unpaired) electrons. The van der Waals surface area contributed by atoms with Crippen LogP contribution < -0.4 is 10.2 Å². The lowest BCUT2D eigenvalue weighted by molar-refractivity contribution is 0.0522. The van der Waals surface area contributed by atoms with Crippen LogP contribution in [0.2, 0.25) is 0 Å². The van der Waals surface area contributed by atoms with E-state index in [4.69, 9.17) is 14.1 Å². The molecule has 0 amide bonds. The van der Waals surface area contributed by atoms with E-state index in [0.29, 0.717) is 17.8 Å². The number of hydrogen-bond acceptors (Lipinski definition) is 7. The van der Waals surface area contributed by atoms with Crippen LogP contribution in [0.1, 0.15) is 28.5 Å². The van der Waals surface area contributed by atoms with Gasteiger partial charge in [0.1, 0.15) is 5.75 Å². The van der Waals surface area contributed by atoms with Crippen molar-refractivity contribution in [3.8, 4) is 11.6 Å². The van der Waals surface area contributed by atoms with E-state index in [1.165, 1.54) is 12.1 Å². The Morgan fingerprint density at radius 2 is 2.21 bits per heavy atom. The van der Waals surface area contributed by atoms with Crippen molar-refractivity contribution in [1.29, 1.82) is 0 Å². The molecule has 24 heavy (non-hydrogen) atoms. The van der Waals surface area contributed by atoms with Crippen molar-refractivity contribution in [2.45, 2.75) is 20.1 Å². The van der Waals surface area contributed by atoms with E-state index in [0.717, 1.165) is 5.56 Å². The molecule has 1 aromatic carbocycles. The Labute approximate surface area is 139 Å². The highest BCUT2D eigenvalue weighted by atomic mass is 16.5. The van der Waals surface area contributed by atoms with E-state index < -0.39 is 19.7 Å². The number of pyridine rings is 1. The number of hydrogen-bond donors (Lipinski definition) is 2. The van der Waals surface area contributed by atoms with Crippen molar-refractivity contribution in [2.24, 2.45) is 0 Å². The molecule has 0 bridgehead atoms. The third-order valence-corrected chi connectivity index (χ3v) is 3.59. The summed E-state index contributed by atoms with van der Waals surface area (Å²) in [4.78, 5) is 15.9. The number of fused-ring (bicyclic) bond motifs is 1. The molecule has 0 aliphatic carbocycles. The minimum Gasteiger partial charge on any atom is -0.462 e. The first-order valence-corrected chi connectivity index (χ1v) is 7.50. The van der Waals surface area contributed by atoms with Gasteiger partial charge in [0.25, 0.3) is 0 Å². The summed E-state index contributed by atoms with van der Waals surface area (Å²) in [7, 11) is -0.906. The van der Waals surface area contributed by atoms with Gasteiger partial charge in [-0.15, -0.1) is 0 Å². The van der Waals surface area contributed by atoms with E-state index in [-0.39, 0.29) is 23.7 Å². The summed E-state index contributed by atoms with van der Waals surface area (Å²) < 4.78 is 15.7. The molecule has 1 aromatic heterocycles. The second-order valence-corrected chi connectivity index (χ2v) is 5.15. The molecule has 3 rings (SSSR count). The molecule has 0 unspecified atom stereocenters. The quantitative estimate of drug-likeness (QED) is 0.617. The largest absolute Gasteiger partial charge is 0.491 e. The first kappa shape index (κ1) is 16.4. The molecule has 0 fully saturated rings. The molecule has 7 nitrogen and oxygen atoms in total. The lowest BCUT2D eigenvalue weighted by Gasteiger charge is -2.10. The predicted octanol–water partition coefficient (Wildman–Crippen LogP) is 0.761. The Kier molecular flexibility index (Phi) is 4.80. The standard InChI is InChI=1S/C16H16BNO6/c1-2-22-16(20)12-4-6-15(18-14(12)8-19)24-11-3-5-13-10(7-11)9-23-17(13)21/h3-7,19,21H,2,8-9H2,1H3. The molecule has 2 aromatic rings. The molecule has 124 valence electrons. The van der Waals surface area contributed by atoms with Gasteiger partial charge in [-0.3, -0.25) is 0 Å². The van der Waals surface area contributed by atoms with Gasteiger partial charge in [-0.1, -0.05) is 6.07 Å². The van der Waals surface area contributed by atoms with Crippen LogP contribution >= 0.6 is 0 Å². The number of carbonyl (C=O) groups excluding carboxylic acids is 1. The van der Waals surface area contributed by atoms with Gasteiger partial charge in [-0.05, 0) is 36.1 Å². The van der Waals surface area contributed by atoms with Gasteiger partial charge in [-0.25, -0.2) is 9.78 Å². The van der Waals surface area contributed by atoms with Gasteiger partial charge in [0.2, 0.25) is 5.88 Å². The van der Waals surface area contributed by atoms with Gasteiger partial charge in [0.15, 0.2) is 0 Å². The fourth-order valence-electron chi connectivity index (χ4n) is 2.44. The zero-order valence-corrected chi connectivity index (χ0v) is 13.1. The number of nitrogens with zero attached hydrogens (tertiary/aromatic N) is 1. The van der Waals surface area contributed by atoms with Crippen molar-refractivity contribution >= 4 is 18.6 Å². The van der Waals surface area contributed by atoms with E-state index >= 15 is 0 Å². The molecule has 0 saturated heterocycles. The van der Waals surface area contributed by atoms with E-state index in [2.05, 4.69) is 4.98 Å². The van der Waals surface area contributed by atoms with E-state index in [9.17, 15) is 14.9 Å². The molecule has 2 N–H and O–H groups in total. The lowest BCUT2D eigenvalue weighted by atomic mass is 9.80. The number of aromatic nitrogens is 1. The highest BCUT2D eigenvalue weighted by molar-refractivity contribution is 6.61. The number of aliphatic hydroxyl groups is 1. The second-order valence-electron chi connectivity index (χ2n) is 5.15. The molecule has 1 aliphatic rings. The normalized spacial score (nSPS) is 12.9. The minimum absolute atomic E-state index is 0.186. The maximum Gasteiger partial charge on any atom is 0.491 e. The van der Waals surface area contributed by atoms with Crippen LogP contribution in [-0.4, -0.2) is 34.8 Å². The Hall–Kier alpha value is -2.42. The highest BCUT2D eigenvalue weighted by Crippen LogP contribution is 2.24. The summed E-state index contributed by atoms with van der Waals surface area (Å²) in [5, 5.41) is 19.0. The zero-order chi connectivity index (χ0) is 17.1. The summed E-state index contributed by atoms with van der Waals surface area (Å²) in [5.41, 5.74) is 1.94. The van der Waals surface area contributed by atoms with Crippen LogP contribution in [0.15, 0.2) is 30.3 Å². The number of esters is 1. The van der Waals surface area contributed by atoms with Gasteiger partial charge in [0, 0.05) is 6.07 Å². The average molecular weight is 329 g/mol. The lowest BCUT2D eigenvalue weighted by Crippen LogP contribution is -2.27. The van der Waals surface area contributed by atoms with E-state index in [1.807, 2.05) is 0 Å². The Morgan fingerprint density at radius 1 is 1.38 bits per heavy atom. The summed E-state index contributed by atoms with van der Waals surface area (Å²) in [5.74, 6) is 0.225. The van der Waals surface area contributed by atoms with Crippen molar-refractivity contribution in [2.75, 3.05) is 6.61 Å². The monoisotopic (exact) mass is 329 g/mol. The van der Waals surface area contributed by atoms with E-state index in [1.54, 1.807) is 25.1 Å². The second kappa shape index (κ2) is 7.00. The van der Waals surface area contributed by atoms with Crippen molar-refractivity contribution in [3.05, 3.63) is 47.2 Å². The molecular formula is C16H16BNO6. The molecule has 1 aliphatic heterocycles. The van der Waals surface area contributed by atoms with Crippen LogP contribution in [0.25, 0.3) is 0 Å². The Morgan fingerprint density at radius 3 is 2.96 bits per heavy atom. The Bertz CT molecular complexity index is 766. The van der Waals surface area contributed by atoms with Crippen molar-refractivity contribution < 1.29 is 29.1 Å². The van der Waals surface area contributed by atoms with Gasteiger partial charge >= 0.3 is 13.1 Å². The maximum absolute atomic E-state index is 11.8. The van der Waals surface area contributed by atoms with Crippen LogP contribution in [0.4, 0.5) is 0 Å². The third-order valence-electron chi connectivity index (χ3n) is 3.59. The Balaban J connectivity index is 1.82. The summed E-state index contributed by atoms with van der Waals surface area (Å²) in [6.45, 7) is 1.85. The fraction of sp³-hybridized carbons (Fsp3) is 0.250. The molecule has 2 heterocycles. The van der Waals surface area contributed by atoms with Crippen LogP contribution in [0, 0.1) is 0 Å². The number of aliphatic hydroxyl groups excluding tert-OH is 1. The maximum atomic E-state index is 11.8. The predicted molar refractivity (Wildman–Crippen MR) is 85.0 cm³/mol. The zero-order valence-electron chi connectivity index (χ0n) is 13.1. The summed E-state index contributed by atoms with van der Waals surface area (Å²) in [6, 6.07) is 8.21. The summed E-state index contributed by atoms with van der Waals surface area (Å²) in [6.07, 6.45) is 0. The van der Waals surface area contributed by atoms with Crippen LogP contribution in [0.5, 0.6) is 11.6 Å². The topological polar surface area (TPSA) is 98.1 Å². The first-order chi connectivity index (χ1) is 11.6. The SMILES string of the molecule is CCOC(=O)c1ccc(Oc2ccc3c(c2)COB3O)nc1CO. The molecule has 8 heteroatoms. The molecular weight excluding hydrogens is 313 g/mol. The molecule has 0 spiro atoms. The van der Waals surface area contributed by atoms with Gasteiger partial charge in [0.05, 0.1) is 31.1 Å². The molecule has 0 saturated carbocycles. The number of benzene rings is 1. The van der Waals surface area contributed by atoms with Crippen LogP contribution in [-0.2, 0) is 22.6 Å². The number of rotatable bonds is 5. The smallest absolute Gasteiger partial charge is 0.462 e. The van der Waals surface area contributed by atoms with Crippen LogP contribution in [0.3, 0.4) is 0 Å². The average Bonchev–Trinajstić information content (AvgIpc) is 2.95.